The monoisotopic (exact) mass is 578 g/mol. The van der Waals surface area contributed by atoms with Crippen LogP contribution in [0.1, 0.15) is 55.6 Å². The van der Waals surface area contributed by atoms with Gasteiger partial charge in [-0.25, -0.2) is 13.5 Å². The number of hydrogen-bond acceptors (Lipinski definition) is 2. The number of fused-ring (bicyclic) bond motifs is 2. The summed E-state index contributed by atoms with van der Waals surface area (Å²) < 4.78 is 31.8. The third-order valence-corrected chi connectivity index (χ3v) is 8.78. The summed E-state index contributed by atoms with van der Waals surface area (Å²) in [6.07, 6.45) is 3.29. The number of hydrogen-bond donors (Lipinski definition) is 1. The van der Waals surface area contributed by atoms with Gasteiger partial charge >= 0.3 is 0 Å². The van der Waals surface area contributed by atoms with Crippen molar-refractivity contribution in [1.82, 2.24) is 19.7 Å². The van der Waals surface area contributed by atoms with Crippen LogP contribution in [0.5, 0.6) is 0 Å². The molecule has 0 amide bonds. The van der Waals surface area contributed by atoms with Gasteiger partial charge in [-0.3, -0.25) is 4.90 Å². The average molecular weight is 580 g/mol. The summed E-state index contributed by atoms with van der Waals surface area (Å²) in [6, 6.07) is 14.4. The van der Waals surface area contributed by atoms with Gasteiger partial charge < -0.3 is 4.98 Å². The van der Waals surface area contributed by atoms with Crippen LogP contribution in [0.15, 0.2) is 54.7 Å². The quantitative estimate of drug-likeness (QED) is 0.218. The van der Waals surface area contributed by atoms with Crippen LogP contribution >= 0.6 is 23.2 Å². The van der Waals surface area contributed by atoms with Crippen molar-refractivity contribution in [3.63, 3.8) is 0 Å². The molecule has 1 aliphatic rings. The number of para-hydroxylation sites is 1. The summed E-state index contributed by atoms with van der Waals surface area (Å²) in [5, 5.41) is 6.73. The van der Waals surface area contributed by atoms with E-state index in [0.29, 0.717) is 39.6 Å². The molecular weight excluding hydrogens is 549 g/mol. The summed E-state index contributed by atoms with van der Waals surface area (Å²) in [5.74, 6) is -0.696. The molecule has 0 unspecified atom stereocenters. The van der Waals surface area contributed by atoms with E-state index >= 15 is 0 Å². The standard InChI is InChI=1S/C32H30Cl2F2N4/c1-5-18-8-7-9-19(6-2)29(18)40-30(22-12-13-25(35)28-27(22)24(34)15-37-28)23-17-39(32(3,4)31(23)38-40)16-20-10-11-21(33)14-26(20)36/h7-15,37H,5-6,16-17H2,1-4H3. The van der Waals surface area contributed by atoms with Gasteiger partial charge in [-0.2, -0.15) is 5.10 Å². The summed E-state index contributed by atoms with van der Waals surface area (Å²) in [7, 11) is 0. The van der Waals surface area contributed by atoms with E-state index in [1.54, 1.807) is 24.4 Å². The zero-order valence-corrected chi connectivity index (χ0v) is 24.4. The van der Waals surface area contributed by atoms with Crippen molar-refractivity contribution in [3.8, 4) is 16.9 Å². The molecule has 40 heavy (non-hydrogen) atoms. The minimum Gasteiger partial charge on any atom is -0.357 e. The molecule has 0 radical (unpaired) electrons. The van der Waals surface area contributed by atoms with Gasteiger partial charge in [0.25, 0.3) is 0 Å². The van der Waals surface area contributed by atoms with Gasteiger partial charge in [0, 0.05) is 46.4 Å². The second-order valence-corrected chi connectivity index (χ2v) is 11.7. The Balaban J connectivity index is 1.61. The molecule has 0 saturated heterocycles. The number of benzene rings is 3. The predicted octanol–water partition coefficient (Wildman–Crippen LogP) is 8.98. The van der Waals surface area contributed by atoms with E-state index < -0.39 is 5.54 Å². The molecule has 206 valence electrons. The molecule has 0 spiro atoms. The van der Waals surface area contributed by atoms with Crippen molar-refractivity contribution in [2.75, 3.05) is 0 Å². The Kier molecular flexibility index (Phi) is 6.76. The van der Waals surface area contributed by atoms with E-state index in [4.69, 9.17) is 28.3 Å². The molecule has 2 aromatic heterocycles. The van der Waals surface area contributed by atoms with E-state index in [-0.39, 0.29) is 11.6 Å². The van der Waals surface area contributed by atoms with E-state index in [1.807, 2.05) is 4.68 Å². The summed E-state index contributed by atoms with van der Waals surface area (Å²) in [5.41, 5.74) is 7.45. The summed E-state index contributed by atoms with van der Waals surface area (Å²) in [4.78, 5) is 5.22. The zero-order valence-electron chi connectivity index (χ0n) is 22.9. The number of aromatic amines is 1. The highest BCUT2D eigenvalue weighted by Gasteiger charge is 2.43. The molecule has 0 bridgehead atoms. The first-order valence-corrected chi connectivity index (χ1v) is 14.3. The molecule has 0 saturated carbocycles. The van der Waals surface area contributed by atoms with Gasteiger partial charge in [0.15, 0.2) is 0 Å². The minimum absolute atomic E-state index is 0.332. The predicted molar refractivity (Wildman–Crippen MR) is 158 cm³/mol. The number of H-pyrrole nitrogens is 1. The Labute approximate surface area is 242 Å². The van der Waals surface area contributed by atoms with Crippen LogP contribution in [0.4, 0.5) is 8.78 Å². The van der Waals surface area contributed by atoms with Gasteiger partial charge in [0.05, 0.1) is 33.2 Å². The molecular formula is C32H30Cl2F2N4. The van der Waals surface area contributed by atoms with Crippen LogP contribution in [-0.4, -0.2) is 19.7 Å². The van der Waals surface area contributed by atoms with Gasteiger partial charge in [-0.15, -0.1) is 0 Å². The first-order valence-electron chi connectivity index (χ1n) is 13.5. The molecule has 0 fully saturated rings. The first kappa shape index (κ1) is 27.0. The molecule has 3 heterocycles. The van der Waals surface area contributed by atoms with Crippen LogP contribution in [0.25, 0.3) is 27.8 Å². The summed E-state index contributed by atoms with van der Waals surface area (Å²) in [6.45, 7) is 9.44. The van der Waals surface area contributed by atoms with Crippen LogP contribution in [-0.2, 0) is 31.5 Å². The van der Waals surface area contributed by atoms with E-state index in [2.05, 4.69) is 55.8 Å². The van der Waals surface area contributed by atoms with Crippen molar-refractivity contribution in [1.29, 1.82) is 0 Å². The fourth-order valence-electron chi connectivity index (χ4n) is 6.04. The zero-order chi connectivity index (χ0) is 28.3. The van der Waals surface area contributed by atoms with Gasteiger partial charge in [0.2, 0.25) is 0 Å². The van der Waals surface area contributed by atoms with Crippen molar-refractivity contribution in [3.05, 3.63) is 104 Å². The lowest BCUT2D eigenvalue weighted by Gasteiger charge is -2.32. The highest BCUT2D eigenvalue weighted by atomic mass is 35.5. The number of aromatic nitrogens is 3. The third-order valence-electron chi connectivity index (χ3n) is 8.25. The molecule has 5 aromatic rings. The van der Waals surface area contributed by atoms with Crippen LogP contribution in [0.2, 0.25) is 10.0 Å². The van der Waals surface area contributed by atoms with Crippen LogP contribution < -0.4 is 0 Å². The van der Waals surface area contributed by atoms with E-state index in [1.165, 1.54) is 23.3 Å². The van der Waals surface area contributed by atoms with Gasteiger partial charge in [0.1, 0.15) is 11.6 Å². The first-order chi connectivity index (χ1) is 19.1. The highest BCUT2D eigenvalue weighted by Crippen LogP contribution is 2.47. The second-order valence-electron chi connectivity index (χ2n) is 10.9. The van der Waals surface area contributed by atoms with Crippen LogP contribution in [0, 0.1) is 11.6 Å². The number of nitrogens with one attached hydrogen (secondary N) is 1. The minimum atomic E-state index is -0.504. The fourth-order valence-corrected chi connectivity index (χ4v) is 6.45. The van der Waals surface area contributed by atoms with Crippen molar-refractivity contribution in [2.24, 2.45) is 0 Å². The molecule has 0 aliphatic carbocycles. The Bertz CT molecular complexity index is 1750. The molecule has 6 rings (SSSR count). The highest BCUT2D eigenvalue weighted by molar-refractivity contribution is 6.36. The summed E-state index contributed by atoms with van der Waals surface area (Å²) >= 11 is 12.7. The molecule has 1 N–H and O–H groups in total. The smallest absolute Gasteiger partial charge is 0.147 e. The SMILES string of the molecule is CCc1cccc(CC)c1-n1nc2c(c1-c1ccc(F)c3[nH]cc(Cl)c13)CN(Cc1ccc(Cl)cc1F)C2(C)C. The normalized spacial score (nSPS) is 14.8. The van der Waals surface area contributed by atoms with E-state index in [0.717, 1.165) is 41.0 Å². The Morgan fingerprint density at radius 3 is 2.35 bits per heavy atom. The number of aryl methyl sites for hydroxylation is 2. The van der Waals surface area contributed by atoms with Crippen LogP contribution in [0.3, 0.4) is 0 Å². The Hall–Kier alpha value is -3.19. The lowest BCUT2D eigenvalue weighted by Crippen LogP contribution is -2.36. The molecule has 0 atom stereocenters. The Morgan fingerprint density at radius 2 is 1.68 bits per heavy atom. The third kappa shape index (κ3) is 4.16. The maximum absolute atomic E-state index is 14.9. The maximum Gasteiger partial charge on any atom is 0.147 e. The van der Waals surface area contributed by atoms with Crippen molar-refractivity contribution >= 4 is 34.1 Å². The fraction of sp³-hybridized carbons (Fsp3) is 0.281. The van der Waals surface area contributed by atoms with E-state index in [9.17, 15) is 8.78 Å². The Morgan fingerprint density at radius 1 is 0.950 bits per heavy atom. The number of rotatable bonds is 6. The van der Waals surface area contributed by atoms with Crippen molar-refractivity contribution in [2.45, 2.75) is 59.2 Å². The van der Waals surface area contributed by atoms with Gasteiger partial charge in [-0.1, -0.05) is 61.3 Å². The molecule has 8 heteroatoms. The maximum atomic E-state index is 14.9. The molecule has 4 nitrogen and oxygen atoms in total. The number of nitrogens with zero attached hydrogens (tertiary/aromatic N) is 3. The molecule has 3 aromatic carbocycles. The second kappa shape index (κ2) is 10.0. The topological polar surface area (TPSA) is 36.9 Å². The average Bonchev–Trinajstić information content (AvgIpc) is 3.57. The largest absolute Gasteiger partial charge is 0.357 e. The number of halogens is 4. The van der Waals surface area contributed by atoms with Gasteiger partial charge in [-0.05, 0) is 62.1 Å². The van der Waals surface area contributed by atoms with Crippen molar-refractivity contribution < 1.29 is 8.78 Å². The molecule has 1 aliphatic heterocycles. The lowest BCUT2D eigenvalue weighted by atomic mass is 9.97. The lowest BCUT2D eigenvalue weighted by molar-refractivity contribution is 0.121.